The summed E-state index contributed by atoms with van der Waals surface area (Å²) in [5, 5.41) is 0. The highest BCUT2D eigenvalue weighted by Crippen LogP contribution is 2.36. The molecule has 0 radical (unpaired) electrons. The summed E-state index contributed by atoms with van der Waals surface area (Å²) < 4.78 is 0.805. The third kappa shape index (κ3) is 2.83. The molecule has 0 bridgehead atoms. The minimum atomic E-state index is -0.0368. The first-order chi connectivity index (χ1) is 10.6. The number of hydrogen-bond acceptors (Lipinski definition) is 2. The first kappa shape index (κ1) is 15.0. The van der Waals surface area contributed by atoms with Gasteiger partial charge in [-0.05, 0) is 45.6 Å². The topological polar surface area (TPSA) is 37.4 Å². The van der Waals surface area contributed by atoms with E-state index in [-0.39, 0.29) is 11.7 Å². The number of nitrogens with zero attached hydrogens (tertiary/aromatic N) is 1. The second kappa shape index (κ2) is 6.05. The third-order valence-electron chi connectivity index (χ3n) is 3.89. The SMILES string of the molecule is CC(=O)N1CCC(=O)c2cc(Cc3ccccc3)cc(Br)c21. The van der Waals surface area contributed by atoms with Crippen LogP contribution in [0.15, 0.2) is 46.9 Å². The van der Waals surface area contributed by atoms with Crippen LogP contribution in [-0.2, 0) is 11.2 Å². The van der Waals surface area contributed by atoms with E-state index < -0.39 is 0 Å². The number of rotatable bonds is 2. The number of benzene rings is 2. The number of halogens is 1. The van der Waals surface area contributed by atoms with E-state index in [0.29, 0.717) is 24.2 Å². The molecule has 0 atom stereocenters. The maximum atomic E-state index is 12.3. The van der Waals surface area contributed by atoms with Gasteiger partial charge >= 0.3 is 0 Å². The molecule has 0 aromatic heterocycles. The van der Waals surface area contributed by atoms with Crippen LogP contribution in [0.5, 0.6) is 0 Å². The highest BCUT2D eigenvalue weighted by Gasteiger charge is 2.28. The van der Waals surface area contributed by atoms with Gasteiger partial charge in [0.15, 0.2) is 5.78 Å². The van der Waals surface area contributed by atoms with E-state index in [1.54, 1.807) is 4.90 Å². The van der Waals surface area contributed by atoms with Crippen molar-refractivity contribution in [3.8, 4) is 0 Å². The summed E-state index contributed by atoms with van der Waals surface area (Å²) in [4.78, 5) is 25.7. The minimum absolute atomic E-state index is 0.0368. The van der Waals surface area contributed by atoms with Crippen LogP contribution in [0.2, 0.25) is 0 Å². The van der Waals surface area contributed by atoms with E-state index in [0.717, 1.165) is 16.5 Å². The molecule has 1 heterocycles. The molecule has 3 nitrogen and oxygen atoms in total. The Balaban J connectivity index is 2.03. The lowest BCUT2D eigenvalue weighted by molar-refractivity contribution is -0.116. The maximum Gasteiger partial charge on any atom is 0.223 e. The van der Waals surface area contributed by atoms with Crippen molar-refractivity contribution in [1.29, 1.82) is 0 Å². The van der Waals surface area contributed by atoms with Gasteiger partial charge < -0.3 is 4.90 Å². The number of anilines is 1. The molecule has 0 saturated carbocycles. The molecule has 22 heavy (non-hydrogen) atoms. The molecule has 0 N–H and O–H groups in total. The zero-order valence-electron chi connectivity index (χ0n) is 12.3. The summed E-state index contributed by atoms with van der Waals surface area (Å²) in [6.07, 6.45) is 1.15. The number of Topliss-reactive ketones (excluding diaryl/α,β-unsaturated/α-hetero) is 1. The standard InChI is InChI=1S/C18H16BrNO2/c1-12(21)20-8-7-17(22)15-10-14(11-16(19)18(15)20)9-13-5-3-2-4-6-13/h2-6,10-11H,7-9H2,1H3. The molecule has 1 aliphatic heterocycles. The molecule has 0 unspecified atom stereocenters. The van der Waals surface area contributed by atoms with Crippen LogP contribution >= 0.6 is 15.9 Å². The Bertz CT molecular complexity index is 740. The normalized spacial score (nSPS) is 13.9. The first-order valence-corrected chi connectivity index (χ1v) is 8.03. The molecule has 112 valence electrons. The average molecular weight is 358 g/mol. The van der Waals surface area contributed by atoms with Gasteiger partial charge in [-0.1, -0.05) is 30.3 Å². The molecule has 2 aromatic carbocycles. The van der Waals surface area contributed by atoms with E-state index in [9.17, 15) is 9.59 Å². The van der Waals surface area contributed by atoms with Gasteiger partial charge in [-0.2, -0.15) is 0 Å². The Morgan fingerprint density at radius 2 is 1.91 bits per heavy atom. The van der Waals surface area contributed by atoms with Gasteiger partial charge in [0, 0.05) is 29.9 Å². The summed E-state index contributed by atoms with van der Waals surface area (Å²) in [6, 6.07) is 14.1. The predicted molar refractivity (Wildman–Crippen MR) is 90.4 cm³/mol. The highest BCUT2D eigenvalue weighted by molar-refractivity contribution is 9.10. The Kier molecular flexibility index (Phi) is 4.12. The van der Waals surface area contributed by atoms with Crippen LogP contribution in [0.25, 0.3) is 0 Å². The smallest absolute Gasteiger partial charge is 0.223 e. The Morgan fingerprint density at radius 1 is 1.18 bits per heavy atom. The Hall–Kier alpha value is -1.94. The van der Waals surface area contributed by atoms with Gasteiger partial charge in [0.25, 0.3) is 0 Å². The van der Waals surface area contributed by atoms with E-state index in [1.165, 1.54) is 12.5 Å². The molecule has 3 rings (SSSR count). The number of hydrogen-bond donors (Lipinski definition) is 0. The van der Waals surface area contributed by atoms with Crippen molar-refractivity contribution in [2.45, 2.75) is 19.8 Å². The fraction of sp³-hybridized carbons (Fsp3) is 0.222. The van der Waals surface area contributed by atoms with E-state index in [2.05, 4.69) is 28.1 Å². The summed E-state index contributed by atoms with van der Waals surface area (Å²) in [6.45, 7) is 1.99. The summed E-state index contributed by atoms with van der Waals surface area (Å²) >= 11 is 3.54. The zero-order valence-corrected chi connectivity index (χ0v) is 13.9. The zero-order chi connectivity index (χ0) is 15.7. The van der Waals surface area contributed by atoms with Crippen molar-refractivity contribution in [3.63, 3.8) is 0 Å². The fourth-order valence-corrected chi connectivity index (χ4v) is 3.57. The van der Waals surface area contributed by atoms with Crippen molar-refractivity contribution < 1.29 is 9.59 Å². The van der Waals surface area contributed by atoms with Crippen molar-refractivity contribution >= 4 is 33.3 Å². The molecule has 2 aromatic rings. The van der Waals surface area contributed by atoms with Gasteiger partial charge in [-0.3, -0.25) is 9.59 Å². The summed E-state index contributed by atoms with van der Waals surface area (Å²) in [7, 11) is 0. The van der Waals surface area contributed by atoms with E-state index in [1.807, 2.05) is 30.3 Å². The van der Waals surface area contributed by atoms with Crippen molar-refractivity contribution in [1.82, 2.24) is 0 Å². The Labute approximate surface area is 138 Å². The third-order valence-corrected chi connectivity index (χ3v) is 4.49. The molecule has 0 spiro atoms. The largest absolute Gasteiger partial charge is 0.310 e. The molecule has 0 aliphatic carbocycles. The van der Waals surface area contributed by atoms with Crippen LogP contribution in [0, 0.1) is 0 Å². The molecular weight excluding hydrogens is 342 g/mol. The molecule has 1 amide bonds. The summed E-state index contributed by atoms with van der Waals surface area (Å²) in [5.74, 6) is 0.0633. The molecule has 0 saturated heterocycles. The first-order valence-electron chi connectivity index (χ1n) is 7.24. The number of fused-ring (bicyclic) bond motifs is 1. The molecule has 4 heteroatoms. The van der Waals surface area contributed by atoms with E-state index >= 15 is 0 Å². The van der Waals surface area contributed by atoms with Gasteiger partial charge in [0.2, 0.25) is 5.91 Å². The van der Waals surface area contributed by atoms with Gasteiger partial charge in [-0.25, -0.2) is 0 Å². The van der Waals surface area contributed by atoms with E-state index in [4.69, 9.17) is 0 Å². The van der Waals surface area contributed by atoms with Gasteiger partial charge in [-0.15, -0.1) is 0 Å². The van der Waals surface area contributed by atoms with Crippen LogP contribution in [-0.4, -0.2) is 18.2 Å². The lowest BCUT2D eigenvalue weighted by atomic mass is 9.95. The Morgan fingerprint density at radius 3 is 2.59 bits per heavy atom. The average Bonchev–Trinajstić information content (AvgIpc) is 2.49. The second-order valence-electron chi connectivity index (χ2n) is 5.48. The molecular formula is C18H16BrNO2. The monoisotopic (exact) mass is 357 g/mol. The molecule has 0 fully saturated rings. The minimum Gasteiger partial charge on any atom is -0.310 e. The van der Waals surface area contributed by atoms with Gasteiger partial charge in [0.1, 0.15) is 0 Å². The van der Waals surface area contributed by atoms with Crippen molar-refractivity contribution in [3.05, 3.63) is 63.6 Å². The molecule has 1 aliphatic rings. The predicted octanol–water partition coefficient (Wildman–Crippen LogP) is 3.98. The maximum absolute atomic E-state index is 12.3. The van der Waals surface area contributed by atoms with Crippen molar-refractivity contribution in [2.75, 3.05) is 11.4 Å². The second-order valence-corrected chi connectivity index (χ2v) is 6.33. The fourth-order valence-electron chi connectivity index (χ4n) is 2.85. The number of carbonyl (C=O) groups is 2. The van der Waals surface area contributed by atoms with Gasteiger partial charge in [0.05, 0.1) is 5.69 Å². The van der Waals surface area contributed by atoms with Crippen LogP contribution in [0.1, 0.15) is 34.8 Å². The lowest BCUT2D eigenvalue weighted by Crippen LogP contribution is -2.36. The van der Waals surface area contributed by atoms with Crippen molar-refractivity contribution in [2.24, 2.45) is 0 Å². The quantitative estimate of drug-likeness (QED) is 0.814. The van der Waals surface area contributed by atoms with Crippen LogP contribution in [0.3, 0.4) is 0 Å². The number of ketones is 1. The van der Waals surface area contributed by atoms with Crippen LogP contribution < -0.4 is 4.90 Å². The number of amides is 1. The lowest BCUT2D eigenvalue weighted by Gasteiger charge is -2.29. The number of carbonyl (C=O) groups excluding carboxylic acids is 2. The van der Waals surface area contributed by atoms with Crippen LogP contribution in [0.4, 0.5) is 5.69 Å². The highest BCUT2D eigenvalue weighted by atomic mass is 79.9. The summed E-state index contributed by atoms with van der Waals surface area (Å²) in [5.41, 5.74) is 3.61.